The molecule has 21 heavy (non-hydrogen) atoms. The van der Waals surface area contributed by atoms with Gasteiger partial charge in [-0.15, -0.1) is 0 Å². The highest BCUT2D eigenvalue weighted by molar-refractivity contribution is 5.31. The Hall–Kier alpha value is -0.860. The maximum Gasteiger partial charge on any atom is 0.0639 e. The molecule has 3 rings (SSSR count). The lowest BCUT2D eigenvalue weighted by molar-refractivity contribution is -0.0379. The van der Waals surface area contributed by atoms with Gasteiger partial charge >= 0.3 is 0 Å². The first-order valence-electron chi connectivity index (χ1n) is 8.59. The van der Waals surface area contributed by atoms with Gasteiger partial charge in [0.15, 0.2) is 0 Å². The summed E-state index contributed by atoms with van der Waals surface area (Å²) in [6, 6.07) is 8.67. The summed E-state index contributed by atoms with van der Waals surface area (Å²) in [6.45, 7) is 2.94. The van der Waals surface area contributed by atoms with Crippen LogP contribution in [0.2, 0.25) is 0 Å². The molecular formula is C19H29NO. The molecule has 2 unspecified atom stereocenters. The Morgan fingerprint density at radius 3 is 2.52 bits per heavy atom. The number of hydrogen-bond acceptors (Lipinski definition) is 2. The zero-order valence-corrected chi connectivity index (χ0v) is 13.2. The summed E-state index contributed by atoms with van der Waals surface area (Å²) in [7, 11) is 0. The fourth-order valence-corrected chi connectivity index (χ4v) is 4.47. The number of hydrogen-bond donors (Lipinski definition) is 2. The maximum atomic E-state index is 11.1. The Morgan fingerprint density at radius 1 is 1.19 bits per heavy atom. The number of aryl methyl sites for hydroxylation is 1. The highest BCUT2D eigenvalue weighted by Gasteiger charge is 2.43. The van der Waals surface area contributed by atoms with Gasteiger partial charge in [0.05, 0.1) is 6.10 Å². The number of benzene rings is 1. The Bertz CT molecular complexity index is 478. The third-order valence-electron chi connectivity index (χ3n) is 6.09. The molecule has 2 aliphatic rings. The molecular weight excluding hydrogens is 258 g/mol. The van der Waals surface area contributed by atoms with Crippen LogP contribution >= 0.6 is 0 Å². The second-order valence-electron chi connectivity index (χ2n) is 7.48. The van der Waals surface area contributed by atoms with Gasteiger partial charge in [0.2, 0.25) is 0 Å². The second-order valence-corrected chi connectivity index (χ2v) is 7.48. The fraction of sp³-hybridized carbons (Fsp3) is 0.684. The molecule has 2 atom stereocenters. The van der Waals surface area contributed by atoms with Crippen LogP contribution in [0.4, 0.5) is 0 Å². The zero-order valence-electron chi connectivity index (χ0n) is 13.2. The molecule has 0 aliphatic heterocycles. The van der Waals surface area contributed by atoms with Gasteiger partial charge in [0.1, 0.15) is 0 Å². The van der Waals surface area contributed by atoms with E-state index in [1.165, 1.54) is 36.8 Å². The first kappa shape index (κ1) is 15.1. The molecule has 1 fully saturated rings. The van der Waals surface area contributed by atoms with Crippen LogP contribution < -0.4 is 5.73 Å². The molecule has 0 spiro atoms. The lowest BCUT2D eigenvalue weighted by atomic mass is 9.63. The molecule has 2 nitrogen and oxygen atoms in total. The SMILES string of the molecule is CC1CCC(C(O)C2(CN)CCc3ccccc3C2)CC1. The monoisotopic (exact) mass is 287 g/mol. The van der Waals surface area contributed by atoms with Crippen LogP contribution in [0.15, 0.2) is 24.3 Å². The van der Waals surface area contributed by atoms with Gasteiger partial charge in [-0.1, -0.05) is 44.0 Å². The lowest BCUT2D eigenvalue weighted by Gasteiger charge is -2.45. The van der Waals surface area contributed by atoms with Gasteiger partial charge in [-0.3, -0.25) is 0 Å². The highest BCUT2D eigenvalue weighted by atomic mass is 16.3. The minimum absolute atomic E-state index is 0.0976. The molecule has 0 bridgehead atoms. The van der Waals surface area contributed by atoms with Crippen LogP contribution in [0.1, 0.15) is 50.2 Å². The zero-order chi connectivity index (χ0) is 14.9. The predicted molar refractivity (Wildman–Crippen MR) is 87.1 cm³/mol. The highest BCUT2D eigenvalue weighted by Crippen LogP contribution is 2.43. The Labute approximate surface area is 128 Å². The second kappa shape index (κ2) is 6.10. The van der Waals surface area contributed by atoms with E-state index in [1.807, 2.05) is 0 Å². The van der Waals surface area contributed by atoms with Crippen molar-refractivity contribution in [2.75, 3.05) is 6.54 Å². The first-order valence-corrected chi connectivity index (χ1v) is 8.59. The summed E-state index contributed by atoms with van der Waals surface area (Å²) in [6.07, 6.45) is 7.69. The minimum Gasteiger partial charge on any atom is -0.392 e. The lowest BCUT2D eigenvalue weighted by Crippen LogP contribution is -2.49. The van der Waals surface area contributed by atoms with E-state index in [0.29, 0.717) is 12.5 Å². The van der Waals surface area contributed by atoms with Crippen LogP contribution in [-0.4, -0.2) is 17.8 Å². The first-order chi connectivity index (χ1) is 10.1. The fourth-order valence-electron chi connectivity index (χ4n) is 4.47. The van der Waals surface area contributed by atoms with Crippen LogP contribution in [0.3, 0.4) is 0 Å². The van der Waals surface area contributed by atoms with E-state index in [-0.39, 0.29) is 11.5 Å². The summed E-state index contributed by atoms with van der Waals surface area (Å²) in [5.74, 6) is 1.28. The largest absolute Gasteiger partial charge is 0.392 e. The Morgan fingerprint density at radius 2 is 1.86 bits per heavy atom. The molecule has 0 amide bonds. The molecule has 116 valence electrons. The number of nitrogens with two attached hydrogens (primary N) is 1. The van der Waals surface area contributed by atoms with Crippen molar-refractivity contribution in [3.63, 3.8) is 0 Å². The topological polar surface area (TPSA) is 46.2 Å². The maximum absolute atomic E-state index is 11.1. The Kier molecular flexibility index (Phi) is 4.37. The van der Waals surface area contributed by atoms with Crippen LogP contribution in [-0.2, 0) is 12.8 Å². The van der Waals surface area contributed by atoms with Gasteiger partial charge in [-0.25, -0.2) is 0 Å². The molecule has 2 aliphatic carbocycles. The molecule has 3 N–H and O–H groups in total. The summed E-state index contributed by atoms with van der Waals surface area (Å²) < 4.78 is 0. The van der Waals surface area contributed by atoms with Crippen molar-refractivity contribution in [3.05, 3.63) is 35.4 Å². The molecule has 0 heterocycles. The summed E-state index contributed by atoms with van der Waals surface area (Å²) in [5, 5.41) is 11.1. The normalized spacial score (nSPS) is 34.2. The van der Waals surface area contributed by atoms with Gasteiger partial charge < -0.3 is 10.8 Å². The van der Waals surface area contributed by atoms with E-state index < -0.39 is 0 Å². The summed E-state index contributed by atoms with van der Waals surface area (Å²) >= 11 is 0. The van der Waals surface area contributed by atoms with Crippen LogP contribution in [0, 0.1) is 17.3 Å². The quantitative estimate of drug-likeness (QED) is 0.896. The van der Waals surface area contributed by atoms with Crippen LogP contribution in [0.5, 0.6) is 0 Å². The molecule has 0 aromatic heterocycles. The number of fused-ring (bicyclic) bond motifs is 1. The third kappa shape index (κ3) is 2.89. The number of aliphatic hydroxyl groups is 1. The van der Waals surface area contributed by atoms with Crippen molar-refractivity contribution in [2.24, 2.45) is 23.0 Å². The van der Waals surface area contributed by atoms with Gasteiger partial charge in [0.25, 0.3) is 0 Å². The van der Waals surface area contributed by atoms with Crippen molar-refractivity contribution in [1.82, 2.24) is 0 Å². The van der Waals surface area contributed by atoms with Crippen molar-refractivity contribution in [2.45, 2.75) is 58.0 Å². The number of rotatable bonds is 3. The van der Waals surface area contributed by atoms with E-state index in [1.54, 1.807) is 0 Å². The van der Waals surface area contributed by atoms with E-state index in [2.05, 4.69) is 31.2 Å². The molecule has 1 aromatic rings. The molecule has 0 saturated heterocycles. The molecule has 0 radical (unpaired) electrons. The van der Waals surface area contributed by atoms with Crippen molar-refractivity contribution in [1.29, 1.82) is 0 Å². The summed E-state index contributed by atoms with van der Waals surface area (Å²) in [4.78, 5) is 0. The average Bonchev–Trinajstić information content (AvgIpc) is 2.54. The smallest absolute Gasteiger partial charge is 0.0639 e. The van der Waals surface area contributed by atoms with Crippen LogP contribution in [0.25, 0.3) is 0 Å². The van der Waals surface area contributed by atoms with E-state index in [4.69, 9.17) is 5.73 Å². The van der Waals surface area contributed by atoms with Gasteiger partial charge in [-0.2, -0.15) is 0 Å². The van der Waals surface area contributed by atoms with Crippen molar-refractivity contribution >= 4 is 0 Å². The van der Waals surface area contributed by atoms with E-state index in [9.17, 15) is 5.11 Å². The average molecular weight is 287 g/mol. The van der Waals surface area contributed by atoms with Gasteiger partial charge in [-0.05, 0) is 55.1 Å². The standard InChI is InChI=1S/C19H29NO/c1-14-6-8-16(9-7-14)18(21)19(13-20)11-10-15-4-2-3-5-17(15)12-19/h2-5,14,16,18,21H,6-13,20H2,1H3. The molecule has 2 heteroatoms. The van der Waals surface area contributed by atoms with Gasteiger partial charge in [0, 0.05) is 12.0 Å². The molecule has 1 saturated carbocycles. The van der Waals surface area contributed by atoms with E-state index in [0.717, 1.165) is 25.2 Å². The molecule has 1 aromatic carbocycles. The minimum atomic E-state index is -0.233. The van der Waals surface area contributed by atoms with Crippen molar-refractivity contribution < 1.29 is 5.11 Å². The third-order valence-corrected chi connectivity index (χ3v) is 6.09. The Balaban J connectivity index is 1.78. The number of aliphatic hydroxyl groups excluding tert-OH is 1. The summed E-state index contributed by atoms with van der Waals surface area (Å²) in [5.41, 5.74) is 8.92. The predicted octanol–water partition coefficient (Wildman–Crippen LogP) is 3.31. The van der Waals surface area contributed by atoms with Crippen molar-refractivity contribution in [3.8, 4) is 0 Å². The van der Waals surface area contributed by atoms with E-state index >= 15 is 0 Å².